The highest BCUT2D eigenvalue weighted by molar-refractivity contribution is 5.45. The second-order valence-electron chi connectivity index (χ2n) is 25.6. The van der Waals surface area contributed by atoms with Crippen LogP contribution in [0.1, 0.15) is 341 Å². The number of unbranched alkanes of at least 4 members (excludes halogenated alkanes) is 28. The average molecular weight is 1080 g/mol. The van der Waals surface area contributed by atoms with E-state index in [0.29, 0.717) is 23.7 Å². The number of nitrogens with zero attached hydrogens (tertiary/aromatic N) is 4. The van der Waals surface area contributed by atoms with Crippen LogP contribution in [-0.2, 0) is 38.5 Å². The van der Waals surface area contributed by atoms with Crippen LogP contribution in [0.15, 0.2) is 61.2 Å². The third kappa shape index (κ3) is 26.0. The van der Waals surface area contributed by atoms with Crippen LogP contribution in [0.2, 0.25) is 0 Å². The molecule has 2 saturated carbocycles. The monoisotopic (exact) mass is 1080 g/mol. The fourth-order valence-corrected chi connectivity index (χ4v) is 13.3. The Kier molecular flexibility index (Phi) is 33.2. The van der Waals surface area contributed by atoms with Gasteiger partial charge < -0.3 is 4.74 Å². The number of hydrogen-bond acceptors (Lipinski definition) is 5. The molecule has 5 nitrogen and oxygen atoms in total. The number of rotatable bonds is 44. The van der Waals surface area contributed by atoms with Crippen LogP contribution in [-0.4, -0.2) is 19.9 Å². The fourth-order valence-electron chi connectivity index (χ4n) is 13.3. The van der Waals surface area contributed by atoms with E-state index < -0.39 is 0 Å². The summed E-state index contributed by atoms with van der Waals surface area (Å²) in [5.74, 6) is 6.57. The van der Waals surface area contributed by atoms with Crippen LogP contribution in [0.25, 0.3) is 0 Å². The van der Waals surface area contributed by atoms with Crippen LogP contribution in [0.4, 0.5) is 0 Å². The molecule has 2 aromatic heterocycles. The zero-order valence-electron chi connectivity index (χ0n) is 51.8. The van der Waals surface area contributed by atoms with Crippen molar-refractivity contribution in [2.75, 3.05) is 0 Å². The van der Waals surface area contributed by atoms with E-state index >= 15 is 0 Å². The van der Waals surface area contributed by atoms with Gasteiger partial charge in [0, 0.05) is 36.6 Å². The maximum Gasteiger partial charge on any atom is 0.131 e. The van der Waals surface area contributed by atoms with Gasteiger partial charge in [0.1, 0.15) is 23.1 Å². The predicted molar refractivity (Wildman–Crippen MR) is 339 cm³/mol. The van der Waals surface area contributed by atoms with Crippen LogP contribution >= 0.6 is 0 Å². The molecule has 0 amide bonds. The minimum Gasteiger partial charge on any atom is -0.457 e. The predicted octanol–water partition coefficient (Wildman–Crippen LogP) is 22.8. The quantitative estimate of drug-likeness (QED) is 0.0413. The molecule has 0 N–H and O–H groups in total. The van der Waals surface area contributed by atoms with Crippen molar-refractivity contribution in [3.8, 4) is 11.5 Å². The first-order valence-electron chi connectivity index (χ1n) is 34.6. The maximum atomic E-state index is 7.30. The molecule has 2 fully saturated rings. The second-order valence-corrected chi connectivity index (χ2v) is 25.6. The summed E-state index contributed by atoms with van der Waals surface area (Å²) in [6, 6.07) is 14.6. The smallest absolute Gasteiger partial charge is 0.131 e. The fraction of sp³-hybridized carbons (Fsp3) is 0.730. The standard InChI is InChI=1S/C74H118N4O/c1-5-9-13-17-21-25-29-33-37-61-45-51-71(69(53-61)55-63-41-47-67(48-42-63)73-75-57-65(58-76-73)39-35-31-27-23-19-15-11-7-3)79-72-52-46-62(38-34-30-26-22-18-14-10-6-2)54-70(72)56-64-43-49-68(50-44-64)74-77-59-66(60-78-74)40-36-32-28-24-20-16-12-8-4/h45-46,51-54,57-60,63-64,67-68H,5-44,47-50,55-56H2,1-4H3. The van der Waals surface area contributed by atoms with Crippen LogP contribution in [0.5, 0.6) is 11.5 Å². The Hall–Kier alpha value is -3.60. The molecule has 2 heterocycles. The maximum absolute atomic E-state index is 7.30. The second kappa shape index (κ2) is 40.6. The highest BCUT2D eigenvalue weighted by Crippen LogP contribution is 2.41. The molecule has 6 rings (SSSR count). The van der Waals surface area contributed by atoms with E-state index in [0.717, 1.165) is 61.7 Å². The van der Waals surface area contributed by atoms with Crippen molar-refractivity contribution < 1.29 is 4.74 Å². The van der Waals surface area contributed by atoms with Crippen molar-refractivity contribution in [1.82, 2.24) is 19.9 Å². The van der Waals surface area contributed by atoms with Crippen LogP contribution < -0.4 is 4.74 Å². The number of benzene rings is 2. The highest BCUT2D eigenvalue weighted by atomic mass is 16.5. The van der Waals surface area contributed by atoms with Gasteiger partial charge in [-0.05, 0) is 173 Å². The number of ether oxygens (including phenoxy) is 1. The van der Waals surface area contributed by atoms with E-state index in [-0.39, 0.29) is 0 Å². The topological polar surface area (TPSA) is 60.8 Å². The SMILES string of the molecule is CCCCCCCCCCc1cnc(C2CCC(Cc3cc(CCCCCCCCCC)ccc3Oc3ccc(CCCCCCCCCC)cc3CC3CCC(c4ncc(CCCCCCCCCC)cn4)CC3)CC2)nc1. The lowest BCUT2D eigenvalue weighted by Gasteiger charge is -2.29. The summed E-state index contributed by atoms with van der Waals surface area (Å²) in [5, 5.41) is 0. The first-order chi connectivity index (χ1) is 39.0. The van der Waals surface area contributed by atoms with Gasteiger partial charge >= 0.3 is 0 Å². The highest BCUT2D eigenvalue weighted by Gasteiger charge is 2.28. The van der Waals surface area contributed by atoms with Crippen molar-refractivity contribution in [1.29, 1.82) is 0 Å². The molecular weight excluding hydrogens is 961 g/mol. The molecule has 0 saturated heterocycles. The molecule has 0 spiro atoms. The Balaban J connectivity index is 1.08. The lowest BCUT2D eigenvalue weighted by molar-refractivity contribution is 0.312. The Morgan fingerprint density at radius 2 is 0.582 bits per heavy atom. The van der Waals surface area contributed by atoms with Gasteiger partial charge in [0.15, 0.2) is 0 Å². The Morgan fingerprint density at radius 1 is 0.316 bits per heavy atom. The molecule has 440 valence electrons. The third-order valence-electron chi connectivity index (χ3n) is 18.6. The first-order valence-corrected chi connectivity index (χ1v) is 34.6. The van der Waals surface area contributed by atoms with E-state index in [4.69, 9.17) is 24.7 Å². The van der Waals surface area contributed by atoms with E-state index in [1.165, 1.54) is 290 Å². The van der Waals surface area contributed by atoms with Crippen molar-refractivity contribution in [2.45, 2.75) is 335 Å². The third-order valence-corrected chi connectivity index (χ3v) is 18.6. The van der Waals surface area contributed by atoms with E-state index in [1.807, 2.05) is 0 Å². The van der Waals surface area contributed by atoms with Crippen molar-refractivity contribution in [3.63, 3.8) is 0 Å². The number of hydrogen-bond donors (Lipinski definition) is 0. The average Bonchev–Trinajstić information content (AvgIpc) is 3.49. The lowest BCUT2D eigenvalue weighted by atomic mass is 9.78. The first kappa shape index (κ1) is 64.6. The molecule has 0 aliphatic heterocycles. The number of aromatic nitrogens is 4. The summed E-state index contributed by atoms with van der Waals surface area (Å²) in [4.78, 5) is 20.0. The Labute approximate surface area is 486 Å². The van der Waals surface area contributed by atoms with Gasteiger partial charge in [-0.15, -0.1) is 0 Å². The molecule has 2 aliphatic rings. The molecule has 0 radical (unpaired) electrons. The molecule has 79 heavy (non-hydrogen) atoms. The van der Waals surface area contributed by atoms with Crippen LogP contribution in [0, 0.1) is 11.8 Å². The number of aryl methyl sites for hydroxylation is 4. The van der Waals surface area contributed by atoms with Gasteiger partial charge in [0.25, 0.3) is 0 Å². The summed E-state index contributed by atoms with van der Waals surface area (Å²) in [6.45, 7) is 9.23. The van der Waals surface area contributed by atoms with E-state index in [2.05, 4.69) is 88.9 Å². The van der Waals surface area contributed by atoms with Crippen molar-refractivity contribution >= 4 is 0 Å². The normalized spacial score (nSPS) is 17.6. The molecule has 0 unspecified atom stereocenters. The largest absolute Gasteiger partial charge is 0.457 e. The van der Waals surface area contributed by atoms with Gasteiger partial charge in [-0.25, -0.2) is 19.9 Å². The van der Waals surface area contributed by atoms with E-state index in [1.54, 1.807) is 0 Å². The molecule has 2 aliphatic carbocycles. The molecule has 2 aromatic carbocycles. The molecule has 0 atom stereocenters. The Morgan fingerprint density at radius 3 is 0.873 bits per heavy atom. The van der Waals surface area contributed by atoms with Gasteiger partial charge in [-0.1, -0.05) is 232 Å². The zero-order chi connectivity index (χ0) is 55.2. The minimum atomic E-state index is 0.474. The van der Waals surface area contributed by atoms with Crippen LogP contribution in [0.3, 0.4) is 0 Å². The van der Waals surface area contributed by atoms with Gasteiger partial charge in [0.2, 0.25) is 0 Å². The summed E-state index contributed by atoms with van der Waals surface area (Å²) < 4.78 is 7.30. The Bertz CT molecular complexity index is 1960. The summed E-state index contributed by atoms with van der Waals surface area (Å²) in [6.07, 6.45) is 68.4. The van der Waals surface area contributed by atoms with Gasteiger partial charge in [-0.2, -0.15) is 0 Å². The molecule has 0 bridgehead atoms. The molecule has 4 aromatic rings. The van der Waals surface area contributed by atoms with E-state index in [9.17, 15) is 0 Å². The minimum absolute atomic E-state index is 0.474. The summed E-state index contributed by atoms with van der Waals surface area (Å²) in [5.41, 5.74) is 8.43. The molecule has 5 heteroatoms. The van der Waals surface area contributed by atoms with Gasteiger partial charge in [-0.3, -0.25) is 0 Å². The van der Waals surface area contributed by atoms with Gasteiger partial charge in [0.05, 0.1) is 0 Å². The summed E-state index contributed by atoms with van der Waals surface area (Å²) in [7, 11) is 0. The van der Waals surface area contributed by atoms with Crippen molar-refractivity contribution in [3.05, 3.63) is 106 Å². The molecular formula is C74H118N4O. The zero-order valence-corrected chi connectivity index (χ0v) is 51.8. The van der Waals surface area contributed by atoms with Crippen molar-refractivity contribution in [2.24, 2.45) is 11.8 Å². The lowest BCUT2D eigenvalue weighted by Crippen LogP contribution is -2.18. The summed E-state index contributed by atoms with van der Waals surface area (Å²) >= 11 is 0.